The maximum atomic E-state index is 10.6. The summed E-state index contributed by atoms with van der Waals surface area (Å²) in [5.74, 6) is 1.75. The smallest absolute Gasteiger partial charge is 0.122 e. The van der Waals surface area contributed by atoms with Crippen LogP contribution in [0.5, 0.6) is 5.75 Å². The average molecular weight is 372 g/mol. The number of fused-ring (bicyclic) bond motifs is 1. The number of nitrogens with zero attached hydrogens (tertiary/aromatic N) is 2. The Hall–Kier alpha value is -3.11. The third-order valence-corrected chi connectivity index (χ3v) is 4.86. The molecule has 1 atom stereocenters. The highest BCUT2D eigenvalue weighted by Crippen LogP contribution is 2.20. The first-order chi connectivity index (χ1) is 13.7. The van der Waals surface area contributed by atoms with E-state index < -0.39 is 6.10 Å². The third-order valence-electron chi connectivity index (χ3n) is 4.86. The fraction of sp³-hybridized carbons (Fsp3) is 0.208. The Balaban J connectivity index is 1.55. The Morgan fingerprint density at radius 3 is 2.46 bits per heavy atom. The van der Waals surface area contributed by atoms with E-state index in [1.54, 1.807) is 0 Å². The van der Waals surface area contributed by atoms with Gasteiger partial charge in [0.2, 0.25) is 0 Å². The minimum absolute atomic E-state index is 0.238. The van der Waals surface area contributed by atoms with Gasteiger partial charge in [-0.15, -0.1) is 0 Å². The third kappa shape index (κ3) is 4.07. The van der Waals surface area contributed by atoms with Gasteiger partial charge in [0.05, 0.1) is 17.6 Å². The monoisotopic (exact) mass is 372 g/mol. The first kappa shape index (κ1) is 18.3. The topological polar surface area (TPSA) is 47.3 Å². The molecule has 0 aliphatic heterocycles. The van der Waals surface area contributed by atoms with Gasteiger partial charge in [-0.1, -0.05) is 60.7 Å². The van der Waals surface area contributed by atoms with Crippen molar-refractivity contribution < 1.29 is 9.84 Å². The second-order valence-corrected chi connectivity index (χ2v) is 7.02. The van der Waals surface area contributed by atoms with E-state index in [-0.39, 0.29) is 6.61 Å². The molecule has 0 saturated heterocycles. The van der Waals surface area contributed by atoms with Crippen LogP contribution in [0.25, 0.3) is 11.0 Å². The summed E-state index contributed by atoms with van der Waals surface area (Å²) in [6.45, 7) is 2.68. The van der Waals surface area contributed by atoms with E-state index in [0.29, 0.717) is 6.54 Å². The fourth-order valence-corrected chi connectivity index (χ4v) is 3.41. The van der Waals surface area contributed by atoms with Crippen molar-refractivity contribution in [2.75, 3.05) is 6.61 Å². The van der Waals surface area contributed by atoms with Gasteiger partial charge < -0.3 is 14.4 Å². The predicted molar refractivity (Wildman–Crippen MR) is 112 cm³/mol. The highest BCUT2D eigenvalue weighted by Gasteiger charge is 2.15. The maximum Gasteiger partial charge on any atom is 0.122 e. The van der Waals surface area contributed by atoms with E-state index in [1.807, 2.05) is 73.7 Å². The molecule has 1 heterocycles. The number of hydrogen-bond acceptors (Lipinski definition) is 3. The number of para-hydroxylation sites is 3. The van der Waals surface area contributed by atoms with Crippen LogP contribution in [0.15, 0.2) is 78.9 Å². The van der Waals surface area contributed by atoms with Crippen molar-refractivity contribution in [2.45, 2.75) is 26.0 Å². The molecule has 1 aromatic heterocycles. The van der Waals surface area contributed by atoms with Gasteiger partial charge in [0.25, 0.3) is 0 Å². The molecule has 0 bridgehead atoms. The Kier molecular flexibility index (Phi) is 5.40. The van der Waals surface area contributed by atoms with Crippen molar-refractivity contribution in [3.05, 3.63) is 95.8 Å². The molecular formula is C24H24N2O2. The summed E-state index contributed by atoms with van der Waals surface area (Å²) < 4.78 is 7.94. The van der Waals surface area contributed by atoms with Gasteiger partial charge in [0.1, 0.15) is 24.3 Å². The van der Waals surface area contributed by atoms with E-state index >= 15 is 0 Å². The molecule has 0 aliphatic rings. The van der Waals surface area contributed by atoms with E-state index in [2.05, 4.69) is 16.7 Å². The lowest BCUT2D eigenvalue weighted by Crippen LogP contribution is -2.24. The van der Waals surface area contributed by atoms with Gasteiger partial charge in [-0.2, -0.15) is 0 Å². The lowest BCUT2D eigenvalue weighted by molar-refractivity contribution is 0.0925. The highest BCUT2D eigenvalue weighted by molar-refractivity contribution is 5.76. The molecule has 28 heavy (non-hydrogen) atoms. The normalized spacial score (nSPS) is 12.2. The molecule has 142 valence electrons. The number of ether oxygens (including phenoxy) is 1. The quantitative estimate of drug-likeness (QED) is 0.524. The first-order valence-electron chi connectivity index (χ1n) is 9.55. The Morgan fingerprint density at radius 1 is 0.929 bits per heavy atom. The molecular weight excluding hydrogens is 348 g/mol. The SMILES string of the molecule is Cc1ccccc1OC[C@@H](O)Cn1c(Cc2ccccc2)nc2ccccc21. The van der Waals surface area contributed by atoms with Crippen LogP contribution in [0.2, 0.25) is 0 Å². The van der Waals surface area contributed by atoms with E-state index in [1.165, 1.54) is 5.56 Å². The molecule has 4 rings (SSSR count). The van der Waals surface area contributed by atoms with Crippen LogP contribution in [-0.2, 0) is 13.0 Å². The number of hydrogen-bond donors (Lipinski definition) is 1. The Morgan fingerprint density at radius 2 is 1.64 bits per heavy atom. The molecule has 4 nitrogen and oxygen atoms in total. The summed E-state index contributed by atoms with van der Waals surface area (Å²) in [4.78, 5) is 4.80. The second kappa shape index (κ2) is 8.28. The van der Waals surface area contributed by atoms with Crippen LogP contribution in [0.4, 0.5) is 0 Å². The summed E-state index contributed by atoms with van der Waals surface area (Å²) in [7, 11) is 0. The van der Waals surface area contributed by atoms with Crippen molar-refractivity contribution in [3.63, 3.8) is 0 Å². The van der Waals surface area contributed by atoms with Crippen LogP contribution in [0, 0.1) is 6.92 Å². The van der Waals surface area contributed by atoms with E-state index in [4.69, 9.17) is 9.72 Å². The molecule has 0 spiro atoms. The van der Waals surface area contributed by atoms with Gasteiger partial charge in [-0.3, -0.25) is 0 Å². The zero-order valence-electron chi connectivity index (χ0n) is 16.0. The van der Waals surface area contributed by atoms with Gasteiger partial charge in [0.15, 0.2) is 0 Å². The standard InChI is InChI=1S/C24H24N2O2/c1-18-9-5-8-14-23(18)28-17-20(27)16-26-22-13-7-6-12-21(22)25-24(26)15-19-10-3-2-4-11-19/h2-14,20,27H,15-17H2,1H3/t20-/m0/s1. The van der Waals surface area contributed by atoms with Crippen molar-refractivity contribution in [3.8, 4) is 5.75 Å². The number of benzene rings is 3. The number of aliphatic hydroxyl groups is 1. The summed E-state index contributed by atoms with van der Waals surface area (Å²) in [5.41, 5.74) is 4.24. The number of aliphatic hydroxyl groups excluding tert-OH is 1. The van der Waals surface area contributed by atoms with E-state index in [9.17, 15) is 5.11 Å². The molecule has 0 radical (unpaired) electrons. The van der Waals surface area contributed by atoms with Crippen molar-refractivity contribution in [2.24, 2.45) is 0 Å². The van der Waals surface area contributed by atoms with Gasteiger partial charge in [-0.05, 0) is 36.2 Å². The van der Waals surface area contributed by atoms with Crippen molar-refractivity contribution in [1.82, 2.24) is 9.55 Å². The number of imidazole rings is 1. The lowest BCUT2D eigenvalue weighted by Gasteiger charge is -2.16. The Bertz CT molecular complexity index is 1060. The van der Waals surface area contributed by atoms with Crippen LogP contribution in [0.3, 0.4) is 0 Å². The minimum Gasteiger partial charge on any atom is -0.491 e. The average Bonchev–Trinajstić information content (AvgIpc) is 3.05. The molecule has 0 aliphatic carbocycles. The minimum atomic E-state index is -0.633. The van der Waals surface area contributed by atoms with Gasteiger partial charge >= 0.3 is 0 Å². The molecule has 0 fully saturated rings. The number of aromatic nitrogens is 2. The number of aryl methyl sites for hydroxylation is 1. The predicted octanol–water partition coefficient (Wildman–Crippen LogP) is 4.38. The molecule has 0 amide bonds. The summed E-state index contributed by atoms with van der Waals surface area (Å²) >= 11 is 0. The lowest BCUT2D eigenvalue weighted by atomic mass is 10.1. The van der Waals surface area contributed by atoms with Crippen molar-refractivity contribution in [1.29, 1.82) is 0 Å². The molecule has 4 heteroatoms. The van der Waals surface area contributed by atoms with Crippen molar-refractivity contribution >= 4 is 11.0 Å². The van der Waals surface area contributed by atoms with Gasteiger partial charge in [-0.25, -0.2) is 4.98 Å². The first-order valence-corrected chi connectivity index (χ1v) is 9.55. The molecule has 0 saturated carbocycles. The molecule has 1 N–H and O–H groups in total. The summed E-state index contributed by atoms with van der Waals surface area (Å²) in [6, 6.07) is 26.2. The zero-order valence-corrected chi connectivity index (χ0v) is 16.0. The summed E-state index contributed by atoms with van der Waals surface area (Å²) in [5, 5.41) is 10.6. The maximum absolute atomic E-state index is 10.6. The van der Waals surface area contributed by atoms with E-state index in [0.717, 1.165) is 34.6 Å². The fourth-order valence-electron chi connectivity index (χ4n) is 3.41. The second-order valence-electron chi connectivity index (χ2n) is 7.02. The highest BCUT2D eigenvalue weighted by atomic mass is 16.5. The zero-order chi connectivity index (χ0) is 19.3. The Labute approximate surface area is 165 Å². The van der Waals surface area contributed by atoms with Crippen LogP contribution >= 0.6 is 0 Å². The summed E-state index contributed by atoms with van der Waals surface area (Å²) in [6.07, 6.45) is 0.0905. The molecule has 4 aromatic rings. The van der Waals surface area contributed by atoms with Crippen LogP contribution in [-0.4, -0.2) is 27.4 Å². The largest absolute Gasteiger partial charge is 0.491 e. The van der Waals surface area contributed by atoms with Crippen LogP contribution < -0.4 is 4.74 Å². The number of rotatable bonds is 7. The van der Waals surface area contributed by atoms with Crippen LogP contribution in [0.1, 0.15) is 17.0 Å². The molecule has 0 unspecified atom stereocenters. The van der Waals surface area contributed by atoms with Gasteiger partial charge in [0, 0.05) is 6.42 Å². The molecule has 3 aromatic carbocycles.